The minimum absolute atomic E-state index is 0.0337. The minimum atomic E-state index is -0.605. The summed E-state index contributed by atoms with van der Waals surface area (Å²) in [6, 6.07) is 0. The Hall–Kier alpha value is -1.14. The summed E-state index contributed by atoms with van der Waals surface area (Å²) in [7, 11) is 0. The Morgan fingerprint density at radius 2 is 2.37 bits per heavy atom. The highest BCUT2D eigenvalue weighted by molar-refractivity contribution is 7.13. The highest BCUT2D eigenvalue weighted by Gasteiger charge is 2.29. The van der Waals surface area contributed by atoms with Gasteiger partial charge in [-0.3, -0.25) is 9.59 Å². The fourth-order valence-corrected chi connectivity index (χ4v) is 2.40. The number of alkyl halides is 1. The van der Waals surface area contributed by atoms with Crippen LogP contribution in [-0.2, 0) is 9.59 Å². The van der Waals surface area contributed by atoms with Crippen molar-refractivity contribution in [3.05, 3.63) is 11.6 Å². The van der Waals surface area contributed by atoms with Crippen LogP contribution in [0.1, 0.15) is 19.8 Å². The lowest BCUT2D eigenvalue weighted by molar-refractivity contribution is -0.134. The summed E-state index contributed by atoms with van der Waals surface area (Å²) in [5.74, 6) is 0.0937. The predicted octanol–water partition coefficient (Wildman–Crippen LogP) is 1.95. The second-order valence-electron chi connectivity index (χ2n) is 4.66. The van der Waals surface area contributed by atoms with Crippen LogP contribution in [0.25, 0.3) is 0 Å². The molecule has 0 spiro atoms. The van der Waals surface area contributed by atoms with Gasteiger partial charge in [0.05, 0.1) is 6.54 Å². The highest BCUT2D eigenvalue weighted by atomic mass is 35.5. The third-order valence-electron chi connectivity index (χ3n) is 2.84. The third-order valence-corrected chi connectivity index (χ3v) is 3.72. The van der Waals surface area contributed by atoms with Crippen LogP contribution in [-0.4, -0.2) is 40.2 Å². The summed E-state index contributed by atoms with van der Waals surface area (Å²) in [6.45, 7) is 2.27. The van der Waals surface area contributed by atoms with Crippen molar-refractivity contribution in [2.45, 2.75) is 25.1 Å². The van der Waals surface area contributed by atoms with E-state index in [2.05, 4.69) is 10.3 Å². The van der Waals surface area contributed by atoms with Crippen LogP contribution in [0.3, 0.4) is 0 Å². The van der Waals surface area contributed by atoms with Gasteiger partial charge < -0.3 is 10.2 Å². The van der Waals surface area contributed by atoms with Crippen LogP contribution in [0.15, 0.2) is 11.6 Å². The normalized spacial score (nSPS) is 15.9. The molecule has 7 heteroatoms. The van der Waals surface area contributed by atoms with Gasteiger partial charge in [0.15, 0.2) is 5.13 Å². The van der Waals surface area contributed by atoms with E-state index in [-0.39, 0.29) is 18.4 Å². The number of hydrogen-bond donors (Lipinski definition) is 1. The van der Waals surface area contributed by atoms with E-state index in [1.807, 2.05) is 0 Å². The van der Waals surface area contributed by atoms with Crippen LogP contribution in [0.2, 0.25) is 0 Å². The Morgan fingerprint density at radius 3 is 2.89 bits per heavy atom. The molecule has 2 rings (SSSR count). The molecule has 1 saturated carbocycles. The molecule has 0 saturated heterocycles. The van der Waals surface area contributed by atoms with E-state index in [1.54, 1.807) is 18.5 Å². The van der Waals surface area contributed by atoms with Gasteiger partial charge in [0.25, 0.3) is 0 Å². The topological polar surface area (TPSA) is 62.3 Å². The number of carbonyl (C=O) groups excluding carboxylic acids is 2. The van der Waals surface area contributed by atoms with E-state index in [1.165, 1.54) is 16.2 Å². The van der Waals surface area contributed by atoms with Gasteiger partial charge in [-0.2, -0.15) is 0 Å². The van der Waals surface area contributed by atoms with Gasteiger partial charge in [-0.1, -0.05) is 0 Å². The highest BCUT2D eigenvalue weighted by Crippen LogP contribution is 2.30. The fourth-order valence-electron chi connectivity index (χ4n) is 1.71. The number of amides is 2. The molecule has 0 aromatic carbocycles. The standard InChI is InChI=1S/C12H16ClN3O2S/c1-8(13)11(18)16(6-9-2-3-9)7-10(17)15-12-14-4-5-19-12/h4-5,8-9H,2-3,6-7H2,1H3,(H,14,15,17). The van der Waals surface area contributed by atoms with Crippen molar-refractivity contribution in [3.8, 4) is 0 Å². The molecular weight excluding hydrogens is 286 g/mol. The van der Waals surface area contributed by atoms with Crippen molar-refractivity contribution in [1.82, 2.24) is 9.88 Å². The second kappa shape index (κ2) is 6.34. The molecular formula is C12H16ClN3O2S. The molecule has 0 aliphatic heterocycles. The number of thiazole rings is 1. The summed E-state index contributed by atoms with van der Waals surface area (Å²) in [4.78, 5) is 29.3. The fraction of sp³-hybridized carbons (Fsp3) is 0.583. The number of nitrogens with zero attached hydrogens (tertiary/aromatic N) is 2. The van der Waals surface area contributed by atoms with E-state index in [4.69, 9.17) is 11.6 Å². The third kappa shape index (κ3) is 4.47. The second-order valence-corrected chi connectivity index (χ2v) is 6.21. The average Bonchev–Trinajstić information content (AvgIpc) is 3.02. The lowest BCUT2D eigenvalue weighted by Crippen LogP contribution is -2.42. The van der Waals surface area contributed by atoms with E-state index in [0.29, 0.717) is 17.6 Å². The molecule has 2 amide bonds. The van der Waals surface area contributed by atoms with Gasteiger partial charge in [0.1, 0.15) is 5.38 Å². The van der Waals surface area contributed by atoms with Crippen molar-refractivity contribution in [2.24, 2.45) is 5.92 Å². The minimum Gasteiger partial charge on any atom is -0.332 e. The molecule has 1 N–H and O–H groups in total. The average molecular weight is 302 g/mol. The molecule has 0 bridgehead atoms. The SMILES string of the molecule is CC(Cl)C(=O)N(CC(=O)Nc1nccs1)CC1CC1. The van der Waals surface area contributed by atoms with Crippen LogP contribution in [0.4, 0.5) is 5.13 Å². The van der Waals surface area contributed by atoms with E-state index in [9.17, 15) is 9.59 Å². The van der Waals surface area contributed by atoms with Gasteiger partial charge >= 0.3 is 0 Å². The molecule has 1 aromatic heterocycles. The largest absolute Gasteiger partial charge is 0.332 e. The number of aromatic nitrogens is 1. The maximum absolute atomic E-state index is 11.9. The van der Waals surface area contributed by atoms with Crippen molar-refractivity contribution in [3.63, 3.8) is 0 Å². The van der Waals surface area contributed by atoms with Gasteiger partial charge in [0, 0.05) is 18.1 Å². The lowest BCUT2D eigenvalue weighted by Gasteiger charge is -2.23. The first-order chi connectivity index (χ1) is 9.06. The summed E-state index contributed by atoms with van der Waals surface area (Å²) in [5.41, 5.74) is 0. The molecule has 19 heavy (non-hydrogen) atoms. The summed E-state index contributed by atoms with van der Waals surface area (Å²) in [5, 5.41) is 4.39. The van der Waals surface area contributed by atoms with E-state index >= 15 is 0 Å². The zero-order chi connectivity index (χ0) is 13.8. The van der Waals surface area contributed by atoms with Crippen molar-refractivity contribution in [1.29, 1.82) is 0 Å². The number of anilines is 1. The molecule has 1 aromatic rings. The molecule has 1 aliphatic carbocycles. The molecule has 1 fully saturated rings. The van der Waals surface area contributed by atoms with E-state index < -0.39 is 5.38 Å². The van der Waals surface area contributed by atoms with Gasteiger partial charge in [0.2, 0.25) is 11.8 Å². The molecule has 1 atom stereocenters. The Kier molecular flexibility index (Phi) is 4.76. The number of nitrogens with one attached hydrogen (secondary N) is 1. The van der Waals surface area contributed by atoms with Crippen LogP contribution in [0.5, 0.6) is 0 Å². The van der Waals surface area contributed by atoms with Crippen molar-refractivity contribution < 1.29 is 9.59 Å². The Bertz CT molecular complexity index is 446. The van der Waals surface area contributed by atoms with Crippen LogP contribution >= 0.6 is 22.9 Å². The zero-order valence-corrected chi connectivity index (χ0v) is 12.2. The summed E-state index contributed by atoms with van der Waals surface area (Å²) >= 11 is 7.17. The molecule has 1 heterocycles. The van der Waals surface area contributed by atoms with Gasteiger partial charge in [-0.15, -0.1) is 22.9 Å². The Morgan fingerprint density at radius 1 is 1.63 bits per heavy atom. The van der Waals surface area contributed by atoms with E-state index in [0.717, 1.165) is 12.8 Å². The first kappa shape index (κ1) is 14.3. The molecule has 1 aliphatic rings. The first-order valence-corrected chi connectivity index (χ1v) is 7.50. The molecule has 5 nitrogen and oxygen atoms in total. The lowest BCUT2D eigenvalue weighted by atomic mass is 10.3. The number of carbonyl (C=O) groups is 2. The molecule has 1 unspecified atom stereocenters. The molecule has 0 radical (unpaired) electrons. The number of rotatable bonds is 6. The molecule has 104 valence electrons. The zero-order valence-electron chi connectivity index (χ0n) is 10.6. The Balaban J connectivity index is 1.90. The predicted molar refractivity (Wildman–Crippen MR) is 75.4 cm³/mol. The number of hydrogen-bond acceptors (Lipinski definition) is 4. The first-order valence-electron chi connectivity index (χ1n) is 6.18. The quantitative estimate of drug-likeness (QED) is 0.817. The van der Waals surface area contributed by atoms with Gasteiger partial charge in [-0.05, 0) is 25.7 Å². The van der Waals surface area contributed by atoms with Crippen molar-refractivity contribution >= 4 is 39.9 Å². The van der Waals surface area contributed by atoms with Crippen molar-refractivity contribution in [2.75, 3.05) is 18.4 Å². The summed E-state index contributed by atoms with van der Waals surface area (Å²) in [6.07, 6.45) is 3.86. The summed E-state index contributed by atoms with van der Waals surface area (Å²) < 4.78 is 0. The smallest absolute Gasteiger partial charge is 0.245 e. The monoisotopic (exact) mass is 301 g/mol. The maximum atomic E-state index is 11.9. The van der Waals surface area contributed by atoms with Crippen LogP contribution < -0.4 is 5.32 Å². The Labute approximate surface area is 121 Å². The number of halogens is 1. The van der Waals surface area contributed by atoms with Gasteiger partial charge in [-0.25, -0.2) is 4.98 Å². The maximum Gasteiger partial charge on any atom is 0.245 e. The van der Waals surface area contributed by atoms with Crippen LogP contribution in [0, 0.1) is 5.92 Å².